The first-order chi connectivity index (χ1) is 15.3. The van der Waals surface area contributed by atoms with Crippen molar-refractivity contribution in [2.75, 3.05) is 4.90 Å². The Hall–Kier alpha value is -4.06. The van der Waals surface area contributed by atoms with Crippen LogP contribution in [-0.2, 0) is 16.0 Å². The number of benzene rings is 3. The normalized spacial score (nSPS) is 15.3. The highest BCUT2D eigenvalue weighted by atomic mass is 19.1. The number of aryl methyl sites for hydroxylation is 2. The molecule has 32 heavy (non-hydrogen) atoms. The van der Waals surface area contributed by atoms with E-state index in [1.54, 1.807) is 49.4 Å². The van der Waals surface area contributed by atoms with Gasteiger partial charge in [-0.05, 0) is 54.3 Å². The lowest BCUT2D eigenvalue weighted by Gasteiger charge is -2.27. The van der Waals surface area contributed by atoms with Gasteiger partial charge in [0.1, 0.15) is 11.4 Å². The summed E-state index contributed by atoms with van der Waals surface area (Å²) < 4.78 is 13.9. The number of hydrogen-bond donors (Lipinski definition) is 1. The van der Waals surface area contributed by atoms with Crippen LogP contribution in [0.25, 0.3) is 6.08 Å². The molecule has 1 heterocycles. The highest BCUT2D eigenvalue weighted by Gasteiger charge is 2.37. The van der Waals surface area contributed by atoms with Gasteiger partial charge in [-0.3, -0.25) is 14.9 Å². The zero-order valence-corrected chi connectivity index (χ0v) is 17.7. The van der Waals surface area contributed by atoms with Gasteiger partial charge < -0.3 is 0 Å². The summed E-state index contributed by atoms with van der Waals surface area (Å²) in [6, 6.07) is 18.3. The van der Waals surface area contributed by atoms with Crippen molar-refractivity contribution in [2.45, 2.75) is 20.3 Å². The summed E-state index contributed by atoms with van der Waals surface area (Å²) in [4.78, 5) is 38.9. The first kappa shape index (κ1) is 21.2. The first-order valence-electron chi connectivity index (χ1n) is 10.1. The molecule has 160 valence electrons. The van der Waals surface area contributed by atoms with Gasteiger partial charge in [-0.2, -0.15) is 0 Å². The van der Waals surface area contributed by atoms with Gasteiger partial charge in [-0.1, -0.05) is 60.2 Å². The number of barbiturate groups is 1. The molecule has 4 amide bonds. The lowest BCUT2D eigenvalue weighted by molar-refractivity contribution is -0.122. The fourth-order valence-corrected chi connectivity index (χ4v) is 3.69. The average Bonchev–Trinajstić information content (AvgIpc) is 2.75. The number of urea groups is 1. The molecule has 4 rings (SSSR count). The second-order valence-electron chi connectivity index (χ2n) is 7.76. The maximum atomic E-state index is 13.9. The maximum Gasteiger partial charge on any atom is 0.335 e. The van der Waals surface area contributed by atoms with E-state index in [2.05, 4.69) is 5.32 Å². The number of nitrogens with zero attached hydrogens (tertiary/aromatic N) is 1. The van der Waals surface area contributed by atoms with Crippen molar-refractivity contribution in [3.8, 4) is 0 Å². The summed E-state index contributed by atoms with van der Waals surface area (Å²) in [5.41, 5.74) is 4.14. The van der Waals surface area contributed by atoms with Crippen LogP contribution >= 0.6 is 0 Å². The summed E-state index contributed by atoms with van der Waals surface area (Å²) in [7, 11) is 0. The summed E-state index contributed by atoms with van der Waals surface area (Å²) in [6.07, 6.45) is 1.88. The molecule has 1 aliphatic heterocycles. The Morgan fingerprint density at radius 1 is 0.938 bits per heavy atom. The number of imide groups is 2. The van der Waals surface area contributed by atoms with Gasteiger partial charge in [0.05, 0.1) is 5.69 Å². The molecule has 0 bridgehead atoms. The predicted molar refractivity (Wildman–Crippen MR) is 121 cm³/mol. The van der Waals surface area contributed by atoms with Crippen molar-refractivity contribution < 1.29 is 18.8 Å². The van der Waals surface area contributed by atoms with E-state index in [0.717, 1.165) is 21.6 Å². The topological polar surface area (TPSA) is 66.5 Å². The molecule has 1 aliphatic rings. The summed E-state index contributed by atoms with van der Waals surface area (Å²) in [5.74, 6) is -1.68. The Balaban J connectivity index is 1.61. The van der Waals surface area contributed by atoms with Gasteiger partial charge in [0.2, 0.25) is 0 Å². The average molecular weight is 428 g/mol. The van der Waals surface area contributed by atoms with E-state index in [-0.39, 0.29) is 11.4 Å². The third kappa shape index (κ3) is 4.21. The van der Waals surface area contributed by atoms with Gasteiger partial charge in [-0.25, -0.2) is 14.1 Å². The molecular weight excluding hydrogens is 407 g/mol. The molecule has 1 saturated heterocycles. The van der Waals surface area contributed by atoms with Crippen LogP contribution in [0.4, 0.5) is 14.9 Å². The second kappa shape index (κ2) is 8.59. The van der Waals surface area contributed by atoms with Gasteiger partial charge in [0, 0.05) is 6.42 Å². The summed E-state index contributed by atoms with van der Waals surface area (Å²) in [5, 5.41) is 2.24. The molecule has 5 nitrogen and oxygen atoms in total. The zero-order chi connectivity index (χ0) is 22.8. The Morgan fingerprint density at radius 3 is 2.34 bits per heavy atom. The van der Waals surface area contributed by atoms with E-state index in [0.29, 0.717) is 23.2 Å². The molecule has 0 aliphatic carbocycles. The van der Waals surface area contributed by atoms with Crippen molar-refractivity contribution in [2.24, 2.45) is 0 Å². The van der Waals surface area contributed by atoms with Crippen molar-refractivity contribution in [3.63, 3.8) is 0 Å². The van der Waals surface area contributed by atoms with Crippen molar-refractivity contribution in [1.29, 1.82) is 0 Å². The number of carbonyl (C=O) groups excluding carboxylic acids is 3. The van der Waals surface area contributed by atoms with Crippen LogP contribution in [-0.4, -0.2) is 17.8 Å². The molecule has 3 aromatic rings. The van der Waals surface area contributed by atoms with Crippen LogP contribution in [0.1, 0.15) is 27.8 Å². The van der Waals surface area contributed by atoms with Crippen LogP contribution in [0.3, 0.4) is 0 Å². The van der Waals surface area contributed by atoms with Crippen molar-refractivity contribution in [3.05, 3.63) is 106 Å². The van der Waals surface area contributed by atoms with E-state index in [1.165, 1.54) is 12.1 Å². The molecular formula is C26H21FN2O3. The molecule has 1 N–H and O–H groups in total. The highest BCUT2D eigenvalue weighted by Crippen LogP contribution is 2.26. The Labute approximate surface area is 185 Å². The van der Waals surface area contributed by atoms with Crippen LogP contribution in [0.15, 0.2) is 72.3 Å². The summed E-state index contributed by atoms with van der Waals surface area (Å²) >= 11 is 0. The minimum atomic E-state index is -0.774. The van der Waals surface area contributed by atoms with Gasteiger partial charge in [-0.15, -0.1) is 0 Å². The van der Waals surface area contributed by atoms with Crippen LogP contribution in [0.2, 0.25) is 0 Å². The predicted octanol–water partition coefficient (Wildman–Crippen LogP) is 4.70. The molecule has 3 aromatic carbocycles. The van der Waals surface area contributed by atoms with E-state index < -0.39 is 17.8 Å². The third-order valence-corrected chi connectivity index (χ3v) is 5.34. The van der Waals surface area contributed by atoms with Crippen LogP contribution in [0.5, 0.6) is 0 Å². The minimum Gasteiger partial charge on any atom is -0.273 e. The number of anilines is 1. The lowest BCUT2D eigenvalue weighted by Crippen LogP contribution is -2.54. The number of amides is 4. The minimum absolute atomic E-state index is 0.133. The van der Waals surface area contributed by atoms with E-state index in [4.69, 9.17) is 0 Å². The van der Waals surface area contributed by atoms with Gasteiger partial charge >= 0.3 is 6.03 Å². The number of carbonyl (C=O) groups is 3. The number of rotatable bonds is 4. The fourth-order valence-electron chi connectivity index (χ4n) is 3.69. The monoisotopic (exact) mass is 428 g/mol. The second-order valence-corrected chi connectivity index (χ2v) is 7.76. The quantitative estimate of drug-likeness (QED) is 0.484. The molecule has 0 radical (unpaired) electrons. The molecule has 0 atom stereocenters. The van der Waals surface area contributed by atoms with Crippen LogP contribution in [0, 0.1) is 19.7 Å². The highest BCUT2D eigenvalue weighted by molar-refractivity contribution is 6.39. The molecule has 0 saturated carbocycles. The number of halogens is 1. The van der Waals surface area contributed by atoms with Gasteiger partial charge in [0.25, 0.3) is 11.8 Å². The lowest BCUT2D eigenvalue weighted by atomic mass is 10.0. The SMILES string of the molecule is Cc1ccc(N2C(=O)NC(=O)/C(=C\c3ccc(Cc4ccccc4F)cc3)C2=O)c(C)c1. The smallest absolute Gasteiger partial charge is 0.273 e. The van der Waals surface area contributed by atoms with E-state index in [9.17, 15) is 18.8 Å². The molecule has 6 heteroatoms. The fraction of sp³-hybridized carbons (Fsp3) is 0.115. The van der Waals surface area contributed by atoms with E-state index in [1.807, 2.05) is 25.1 Å². The van der Waals surface area contributed by atoms with Crippen molar-refractivity contribution in [1.82, 2.24) is 5.32 Å². The summed E-state index contributed by atoms with van der Waals surface area (Å²) in [6.45, 7) is 3.72. The number of hydrogen-bond acceptors (Lipinski definition) is 3. The van der Waals surface area contributed by atoms with Crippen LogP contribution < -0.4 is 10.2 Å². The largest absolute Gasteiger partial charge is 0.335 e. The Kier molecular flexibility index (Phi) is 5.69. The molecule has 0 spiro atoms. The Bertz CT molecular complexity index is 1260. The standard InChI is InChI=1S/C26H21FN2O3/c1-16-7-12-23(17(2)13-16)29-25(31)21(24(30)28-26(29)32)15-19-10-8-18(9-11-19)14-20-5-3-4-6-22(20)27/h3-13,15H,14H2,1-2H3,(H,28,30,32)/b21-15+. The number of nitrogens with one attached hydrogen (secondary N) is 1. The maximum absolute atomic E-state index is 13.9. The Morgan fingerprint density at radius 2 is 1.66 bits per heavy atom. The van der Waals surface area contributed by atoms with Gasteiger partial charge in [0.15, 0.2) is 0 Å². The molecule has 0 aromatic heterocycles. The van der Waals surface area contributed by atoms with Crippen molar-refractivity contribution >= 4 is 29.6 Å². The third-order valence-electron chi connectivity index (χ3n) is 5.34. The first-order valence-corrected chi connectivity index (χ1v) is 10.1. The molecule has 0 unspecified atom stereocenters. The van der Waals surface area contributed by atoms with E-state index >= 15 is 0 Å². The molecule has 1 fully saturated rings. The zero-order valence-electron chi connectivity index (χ0n) is 17.7.